The van der Waals surface area contributed by atoms with Gasteiger partial charge in [-0.2, -0.15) is 0 Å². The Labute approximate surface area is 109 Å². The highest BCUT2D eigenvalue weighted by molar-refractivity contribution is 5.31. The van der Waals surface area contributed by atoms with Crippen LogP contribution in [0.15, 0.2) is 24.4 Å². The maximum Gasteiger partial charge on any atom is 0.106 e. The summed E-state index contributed by atoms with van der Waals surface area (Å²) in [5.74, 6) is 1.07. The minimum atomic E-state index is 0.853. The number of nitrogens with zero attached hydrogens (tertiary/aromatic N) is 2. The van der Waals surface area contributed by atoms with Gasteiger partial charge in [0, 0.05) is 19.3 Å². The average molecular weight is 243 g/mol. The Morgan fingerprint density at radius 1 is 1.22 bits per heavy atom. The second kappa shape index (κ2) is 5.36. The summed E-state index contributed by atoms with van der Waals surface area (Å²) in [5.41, 5.74) is 5.25. The van der Waals surface area contributed by atoms with Crippen LogP contribution in [0.1, 0.15) is 28.2 Å². The Kier molecular flexibility index (Phi) is 3.82. The second-order valence-electron chi connectivity index (χ2n) is 4.84. The highest BCUT2D eigenvalue weighted by Crippen LogP contribution is 2.15. The van der Waals surface area contributed by atoms with Crippen molar-refractivity contribution in [3.8, 4) is 0 Å². The first-order valence-electron chi connectivity index (χ1n) is 6.33. The van der Waals surface area contributed by atoms with E-state index in [-0.39, 0.29) is 0 Å². The lowest BCUT2D eigenvalue weighted by Crippen LogP contribution is -2.13. The standard InChI is InChI=1S/C15H21N3/c1-11-5-6-12(2)14(7-11)10-18-13(3)17-9-15(18)8-16-4/h5-7,9,16H,8,10H2,1-4H3. The molecule has 1 N–H and O–H groups in total. The van der Waals surface area contributed by atoms with Crippen molar-refractivity contribution in [2.24, 2.45) is 0 Å². The molecule has 0 radical (unpaired) electrons. The number of rotatable bonds is 4. The van der Waals surface area contributed by atoms with Crippen LogP contribution in [0, 0.1) is 20.8 Å². The van der Waals surface area contributed by atoms with Crippen molar-refractivity contribution in [1.29, 1.82) is 0 Å². The fraction of sp³-hybridized carbons (Fsp3) is 0.400. The molecule has 1 aromatic carbocycles. The number of hydrogen-bond acceptors (Lipinski definition) is 2. The smallest absolute Gasteiger partial charge is 0.106 e. The zero-order valence-electron chi connectivity index (χ0n) is 11.6. The van der Waals surface area contributed by atoms with Crippen molar-refractivity contribution in [2.75, 3.05) is 7.05 Å². The maximum absolute atomic E-state index is 4.41. The number of hydrogen-bond donors (Lipinski definition) is 1. The Morgan fingerprint density at radius 2 is 2.00 bits per heavy atom. The van der Waals surface area contributed by atoms with Crippen molar-refractivity contribution in [2.45, 2.75) is 33.9 Å². The molecular formula is C15H21N3. The highest BCUT2D eigenvalue weighted by atomic mass is 15.1. The summed E-state index contributed by atoms with van der Waals surface area (Å²) >= 11 is 0. The molecule has 2 aromatic rings. The van der Waals surface area contributed by atoms with E-state index in [1.165, 1.54) is 22.4 Å². The fourth-order valence-corrected chi connectivity index (χ4v) is 2.19. The van der Waals surface area contributed by atoms with E-state index in [1.54, 1.807) is 0 Å². The van der Waals surface area contributed by atoms with Gasteiger partial charge in [0.1, 0.15) is 5.82 Å². The Bertz CT molecular complexity index is 541. The third-order valence-corrected chi connectivity index (χ3v) is 3.33. The van der Waals surface area contributed by atoms with Crippen molar-refractivity contribution < 1.29 is 0 Å². The van der Waals surface area contributed by atoms with Crippen LogP contribution in [-0.4, -0.2) is 16.6 Å². The molecular weight excluding hydrogens is 222 g/mol. The molecule has 1 heterocycles. The van der Waals surface area contributed by atoms with Gasteiger partial charge in [-0.1, -0.05) is 23.8 Å². The molecule has 0 spiro atoms. The van der Waals surface area contributed by atoms with Crippen LogP contribution < -0.4 is 5.32 Å². The van der Waals surface area contributed by atoms with E-state index in [4.69, 9.17) is 0 Å². The van der Waals surface area contributed by atoms with Gasteiger partial charge in [-0.15, -0.1) is 0 Å². The molecule has 18 heavy (non-hydrogen) atoms. The number of aryl methyl sites for hydroxylation is 3. The van der Waals surface area contributed by atoms with Crippen LogP contribution in [0.3, 0.4) is 0 Å². The van der Waals surface area contributed by atoms with E-state index in [1.807, 2.05) is 13.2 Å². The number of imidazole rings is 1. The summed E-state index contributed by atoms with van der Waals surface area (Å²) in [7, 11) is 1.96. The van der Waals surface area contributed by atoms with Gasteiger partial charge in [0.25, 0.3) is 0 Å². The topological polar surface area (TPSA) is 29.9 Å². The molecule has 3 nitrogen and oxygen atoms in total. The quantitative estimate of drug-likeness (QED) is 0.894. The van der Waals surface area contributed by atoms with E-state index >= 15 is 0 Å². The van der Waals surface area contributed by atoms with Gasteiger partial charge >= 0.3 is 0 Å². The van der Waals surface area contributed by atoms with Crippen LogP contribution in [0.5, 0.6) is 0 Å². The van der Waals surface area contributed by atoms with Gasteiger partial charge in [0.2, 0.25) is 0 Å². The molecule has 3 heteroatoms. The van der Waals surface area contributed by atoms with Crippen LogP contribution in [0.2, 0.25) is 0 Å². The molecule has 0 unspecified atom stereocenters. The summed E-state index contributed by atoms with van der Waals surface area (Å²) < 4.78 is 2.28. The van der Waals surface area contributed by atoms with Crippen LogP contribution in [0.4, 0.5) is 0 Å². The Balaban J connectivity index is 2.33. The lowest BCUT2D eigenvalue weighted by molar-refractivity contribution is 0.674. The Hall–Kier alpha value is -1.61. The maximum atomic E-state index is 4.41. The van der Waals surface area contributed by atoms with E-state index < -0.39 is 0 Å². The molecule has 0 saturated carbocycles. The minimum absolute atomic E-state index is 0.853. The molecule has 0 atom stereocenters. The number of benzene rings is 1. The van der Waals surface area contributed by atoms with Gasteiger partial charge in [-0.25, -0.2) is 4.98 Å². The van der Waals surface area contributed by atoms with Crippen molar-refractivity contribution >= 4 is 0 Å². The van der Waals surface area contributed by atoms with E-state index in [9.17, 15) is 0 Å². The third kappa shape index (κ3) is 2.62. The predicted molar refractivity (Wildman–Crippen MR) is 74.7 cm³/mol. The van der Waals surface area contributed by atoms with Crippen LogP contribution in [0.25, 0.3) is 0 Å². The summed E-state index contributed by atoms with van der Waals surface area (Å²) in [6.07, 6.45) is 1.96. The first-order chi connectivity index (χ1) is 8.61. The molecule has 0 aliphatic rings. The largest absolute Gasteiger partial charge is 0.327 e. The molecule has 0 aliphatic heterocycles. The number of nitrogens with one attached hydrogen (secondary N) is 1. The first-order valence-corrected chi connectivity index (χ1v) is 6.33. The summed E-state index contributed by atoms with van der Waals surface area (Å²) in [5, 5.41) is 3.19. The van der Waals surface area contributed by atoms with Crippen molar-refractivity contribution in [1.82, 2.24) is 14.9 Å². The van der Waals surface area contributed by atoms with E-state index in [2.05, 4.69) is 53.8 Å². The number of aromatic nitrogens is 2. The van der Waals surface area contributed by atoms with Gasteiger partial charge in [-0.3, -0.25) is 0 Å². The van der Waals surface area contributed by atoms with Crippen molar-refractivity contribution in [3.63, 3.8) is 0 Å². The average Bonchev–Trinajstić information content (AvgIpc) is 2.67. The molecule has 0 saturated heterocycles. The molecule has 1 aromatic heterocycles. The molecule has 2 rings (SSSR count). The summed E-state index contributed by atoms with van der Waals surface area (Å²) in [6.45, 7) is 8.11. The van der Waals surface area contributed by atoms with E-state index in [0.29, 0.717) is 0 Å². The highest BCUT2D eigenvalue weighted by Gasteiger charge is 2.08. The molecule has 0 bridgehead atoms. The monoisotopic (exact) mass is 243 g/mol. The molecule has 0 aliphatic carbocycles. The van der Waals surface area contributed by atoms with Crippen molar-refractivity contribution in [3.05, 3.63) is 52.6 Å². The lowest BCUT2D eigenvalue weighted by atomic mass is 10.1. The predicted octanol–water partition coefficient (Wildman–Crippen LogP) is 2.58. The van der Waals surface area contributed by atoms with Gasteiger partial charge in [-0.05, 0) is 38.9 Å². The molecule has 0 fully saturated rings. The second-order valence-corrected chi connectivity index (χ2v) is 4.84. The van der Waals surface area contributed by atoms with Gasteiger partial charge in [0.05, 0.1) is 5.69 Å². The van der Waals surface area contributed by atoms with E-state index in [0.717, 1.165) is 18.9 Å². The first kappa shape index (κ1) is 12.8. The van der Waals surface area contributed by atoms with Crippen LogP contribution >= 0.6 is 0 Å². The Morgan fingerprint density at radius 3 is 2.72 bits per heavy atom. The van der Waals surface area contributed by atoms with Crippen LogP contribution in [-0.2, 0) is 13.1 Å². The summed E-state index contributed by atoms with van der Waals surface area (Å²) in [6, 6.07) is 6.61. The fourth-order valence-electron chi connectivity index (χ4n) is 2.19. The zero-order chi connectivity index (χ0) is 13.1. The third-order valence-electron chi connectivity index (χ3n) is 3.33. The lowest BCUT2D eigenvalue weighted by Gasteiger charge is -2.13. The molecule has 0 amide bonds. The molecule has 96 valence electrons. The normalized spacial score (nSPS) is 10.9. The SMILES string of the molecule is CNCc1cnc(C)n1Cc1cc(C)ccc1C. The summed E-state index contributed by atoms with van der Waals surface area (Å²) in [4.78, 5) is 4.41. The minimum Gasteiger partial charge on any atom is -0.327 e. The van der Waals surface area contributed by atoms with Gasteiger partial charge in [0.15, 0.2) is 0 Å². The zero-order valence-corrected chi connectivity index (χ0v) is 11.6. The van der Waals surface area contributed by atoms with Gasteiger partial charge < -0.3 is 9.88 Å².